The maximum Gasteiger partial charge on any atom is 0.123 e. The van der Waals surface area contributed by atoms with E-state index in [1.165, 1.54) is 0 Å². The zero-order chi connectivity index (χ0) is 8.81. The van der Waals surface area contributed by atoms with Crippen molar-refractivity contribution in [3.63, 3.8) is 0 Å². The minimum absolute atomic E-state index is 0.458. The van der Waals surface area contributed by atoms with E-state index in [0.29, 0.717) is 6.42 Å². The Balaban J connectivity index is 2.69. The molecular formula is C9H8BrNO. The van der Waals surface area contributed by atoms with Crippen molar-refractivity contribution in [2.45, 2.75) is 6.42 Å². The summed E-state index contributed by atoms with van der Waals surface area (Å²) in [5.41, 5.74) is 1.04. The predicted molar refractivity (Wildman–Crippen MR) is 51.7 cm³/mol. The van der Waals surface area contributed by atoms with E-state index in [0.717, 1.165) is 16.5 Å². The SMILES string of the molecule is O=CCC=Cc1ccnc(Br)c1. The molecule has 0 amide bonds. The van der Waals surface area contributed by atoms with Crippen LogP contribution in [0, 0.1) is 0 Å². The number of hydrogen-bond donors (Lipinski definition) is 0. The molecular weight excluding hydrogens is 218 g/mol. The van der Waals surface area contributed by atoms with Crippen LogP contribution in [0.1, 0.15) is 12.0 Å². The third-order valence-corrected chi connectivity index (χ3v) is 1.73. The Bertz CT molecular complexity index is 296. The molecule has 0 N–H and O–H groups in total. The van der Waals surface area contributed by atoms with Crippen LogP contribution in [0.25, 0.3) is 6.08 Å². The number of rotatable bonds is 3. The van der Waals surface area contributed by atoms with Gasteiger partial charge in [0.25, 0.3) is 0 Å². The summed E-state index contributed by atoms with van der Waals surface area (Å²) in [7, 11) is 0. The van der Waals surface area contributed by atoms with E-state index in [9.17, 15) is 4.79 Å². The molecule has 0 aliphatic rings. The van der Waals surface area contributed by atoms with E-state index in [1.54, 1.807) is 6.20 Å². The Hall–Kier alpha value is -0.960. The number of aromatic nitrogens is 1. The van der Waals surface area contributed by atoms with Gasteiger partial charge in [-0.05, 0) is 33.6 Å². The van der Waals surface area contributed by atoms with Crippen LogP contribution in [0.15, 0.2) is 29.0 Å². The van der Waals surface area contributed by atoms with Crippen LogP contribution >= 0.6 is 15.9 Å². The van der Waals surface area contributed by atoms with Gasteiger partial charge < -0.3 is 4.79 Å². The first kappa shape index (κ1) is 9.13. The Morgan fingerprint density at radius 1 is 1.58 bits per heavy atom. The zero-order valence-electron chi connectivity index (χ0n) is 6.40. The number of aldehydes is 1. The molecule has 1 aromatic rings. The lowest BCUT2D eigenvalue weighted by Gasteiger charge is -1.91. The minimum Gasteiger partial charge on any atom is -0.303 e. The fourth-order valence-electron chi connectivity index (χ4n) is 0.781. The summed E-state index contributed by atoms with van der Waals surface area (Å²) in [6.07, 6.45) is 6.74. The van der Waals surface area contributed by atoms with Crippen LogP contribution in [0.2, 0.25) is 0 Å². The van der Waals surface area contributed by atoms with Crippen molar-refractivity contribution >= 4 is 28.3 Å². The highest BCUT2D eigenvalue weighted by Gasteiger charge is 1.88. The number of allylic oxidation sites excluding steroid dienone is 1. The van der Waals surface area contributed by atoms with Crippen molar-refractivity contribution in [2.24, 2.45) is 0 Å². The van der Waals surface area contributed by atoms with Crippen molar-refractivity contribution in [1.82, 2.24) is 4.98 Å². The molecule has 3 heteroatoms. The summed E-state index contributed by atoms with van der Waals surface area (Å²) >= 11 is 3.26. The molecule has 0 atom stereocenters. The van der Waals surface area contributed by atoms with Gasteiger partial charge in [-0.2, -0.15) is 0 Å². The Morgan fingerprint density at radius 2 is 2.42 bits per heavy atom. The number of nitrogens with zero attached hydrogens (tertiary/aromatic N) is 1. The standard InChI is InChI=1S/C9H8BrNO/c10-9-7-8(4-5-11-9)3-1-2-6-12/h1,3-7H,2H2. The van der Waals surface area contributed by atoms with E-state index in [-0.39, 0.29) is 0 Å². The first-order valence-corrected chi connectivity index (χ1v) is 4.34. The summed E-state index contributed by atoms with van der Waals surface area (Å²) in [6.45, 7) is 0. The molecule has 0 saturated heterocycles. The van der Waals surface area contributed by atoms with Crippen LogP contribution < -0.4 is 0 Å². The normalized spacial score (nSPS) is 10.4. The summed E-state index contributed by atoms with van der Waals surface area (Å²) in [5.74, 6) is 0. The maximum absolute atomic E-state index is 9.99. The van der Waals surface area contributed by atoms with Gasteiger partial charge in [-0.15, -0.1) is 0 Å². The second-order valence-corrected chi connectivity index (χ2v) is 3.03. The summed E-state index contributed by atoms with van der Waals surface area (Å²) < 4.78 is 0.802. The van der Waals surface area contributed by atoms with Crippen molar-refractivity contribution in [1.29, 1.82) is 0 Å². The topological polar surface area (TPSA) is 30.0 Å². The van der Waals surface area contributed by atoms with Crippen LogP contribution in [-0.4, -0.2) is 11.3 Å². The van der Waals surface area contributed by atoms with E-state index in [1.807, 2.05) is 24.3 Å². The lowest BCUT2D eigenvalue weighted by Crippen LogP contribution is -1.76. The van der Waals surface area contributed by atoms with Crippen LogP contribution in [-0.2, 0) is 4.79 Å². The van der Waals surface area contributed by atoms with Crippen LogP contribution in [0.3, 0.4) is 0 Å². The molecule has 0 aliphatic carbocycles. The third kappa shape index (κ3) is 2.96. The second kappa shape index (κ2) is 4.83. The largest absolute Gasteiger partial charge is 0.303 e. The van der Waals surface area contributed by atoms with E-state index in [2.05, 4.69) is 20.9 Å². The average Bonchev–Trinajstić information content (AvgIpc) is 2.05. The van der Waals surface area contributed by atoms with Gasteiger partial charge in [-0.25, -0.2) is 4.98 Å². The van der Waals surface area contributed by atoms with E-state index < -0.39 is 0 Å². The highest BCUT2D eigenvalue weighted by molar-refractivity contribution is 9.10. The summed E-state index contributed by atoms with van der Waals surface area (Å²) in [5, 5.41) is 0. The van der Waals surface area contributed by atoms with Gasteiger partial charge in [-0.3, -0.25) is 0 Å². The molecule has 0 aromatic carbocycles. The summed E-state index contributed by atoms with van der Waals surface area (Å²) in [4.78, 5) is 14.0. The highest BCUT2D eigenvalue weighted by Crippen LogP contribution is 2.09. The third-order valence-electron chi connectivity index (χ3n) is 1.29. The molecule has 0 bridgehead atoms. The Kier molecular flexibility index (Phi) is 3.67. The fraction of sp³-hybridized carbons (Fsp3) is 0.111. The van der Waals surface area contributed by atoms with Gasteiger partial charge in [0.2, 0.25) is 0 Å². The monoisotopic (exact) mass is 225 g/mol. The molecule has 0 aliphatic heterocycles. The minimum atomic E-state index is 0.458. The summed E-state index contributed by atoms with van der Waals surface area (Å²) in [6, 6.07) is 3.77. The first-order chi connectivity index (χ1) is 5.83. The molecule has 1 heterocycles. The van der Waals surface area contributed by atoms with Gasteiger partial charge in [-0.1, -0.05) is 12.2 Å². The quantitative estimate of drug-likeness (QED) is 0.585. The molecule has 2 nitrogen and oxygen atoms in total. The zero-order valence-corrected chi connectivity index (χ0v) is 7.99. The Labute approximate surface area is 79.5 Å². The number of carbonyl (C=O) groups is 1. The van der Waals surface area contributed by atoms with Gasteiger partial charge in [0, 0.05) is 12.6 Å². The smallest absolute Gasteiger partial charge is 0.123 e. The molecule has 12 heavy (non-hydrogen) atoms. The number of pyridine rings is 1. The van der Waals surface area contributed by atoms with Crippen molar-refractivity contribution in [2.75, 3.05) is 0 Å². The lowest BCUT2D eigenvalue weighted by atomic mass is 10.2. The van der Waals surface area contributed by atoms with Crippen LogP contribution in [0.4, 0.5) is 0 Å². The van der Waals surface area contributed by atoms with Crippen molar-refractivity contribution in [3.05, 3.63) is 34.6 Å². The van der Waals surface area contributed by atoms with Gasteiger partial charge in [0.1, 0.15) is 10.9 Å². The van der Waals surface area contributed by atoms with Crippen LogP contribution in [0.5, 0.6) is 0 Å². The molecule has 0 saturated carbocycles. The lowest BCUT2D eigenvalue weighted by molar-refractivity contribution is -0.107. The van der Waals surface area contributed by atoms with E-state index in [4.69, 9.17) is 0 Å². The molecule has 1 aromatic heterocycles. The van der Waals surface area contributed by atoms with Gasteiger partial charge in [0.15, 0.2) is 0 Å². The number of halogens is 1. The van der Waals surface area contributed by atoms with Gasteiger partial charge >= 0.3 is 0 Å². The van der Waals surface area contributed by atoms with E-state index >= 15 is 0 Å². The average molecular weight is 226 g/mol. The molecule has 0 spiro atoms. The second-order valence-electron chi connectivity index (χ2n) is 2.22. The van der Waals surface area contributed by atoms with Gasteiger partial charge in [0.05, 0.1) is 0 Å². The predicted octanol–water partition coefficient (Wildman–Crippen LogP) is 2.45. The molecule has 0 unspecified atom stereocenters. The number of hydrogen-bond acceptors (Lipinski definition) is 2. The maximum atomic E-state index is 9.99. The Morgan fingerprint density at radius 3 is 3.08 bits per heavy atom. The molecule has 0 radical (unpaired) electrons. The van der Waals surface area contributed by atoms with Crippen molar-refractivity contribution < 1.29 is 4.79 Å². The fourth-order valence-corrected chi connectivity index (χ4v) is 1.16. The first-order valence-electron chi connectivity index (χ1n) is 3.54. The highest BCUT2D eigenvalue weighted by atomic mass is 79.9. The number of carbonyl (C=O) groups excluding carboxylic acids is 1. The molecule has 62 valence electrons. The molecule has 1 rings (SSSR count). The van der Waals surface area contributed by atoms with Crippen molar-refractivity contribution in [3.8, 4) is 0 Å². The molecule has 0 fully saturated rings.